The third-order valence-corrected chi connectivity index (χ3v) is 8.50. The van der Waals surface area contributed by atoms with Crippen molar-refractivity contribution in [3.8, 4) is 6.07 Å². The Kier molecular flexibility index (Phi) is 8.01. The van der Waals surface area contributed by atoms with Crippen molar-refractivity contribution < 1.29 is 4.39 Å². The molecule has 2 heteroatoms. The Hall–Kier alpha value is -2.14. The van der Waals surface area contributed by atoms with Crippen LogP contribution in [0.3, 0.4) is 0 Å². The van der Waals surface area contributed by atoms with Crippen LogP contribution in [0.4, 0.5) is 4.39 Å². The Bertz CT molecular complexity index is 883. The van der Waals surface area contributed by atoms with Crippen molar-refractivity contribution in [3.05, 3.63) is 71.0 Å². The van der Waals surface area contributed by atoms with Gasteiger partial charge in [-0.3, -0.25) is 0 Å². The molecule has 2 aromatic rings. The second-order valence-corrected chi connectivity index (χ2v) is 10.6. The van der Waals surface area contributed by atoms with E-state index in [1.54, 1.807) is 12.1 Å². The molecular formula is C30H38FN. The third kappa shape index (κ3) is 6.00. The Morgan fingerprint density at radius 1 is 0.875 bits per heavy atom. The Balaban J connectivity index is 1.16. The van der Waals surface area contributed by atoms with E-state index in [1.165, 1.54) is 63.4 Å². The molecule has 0 aliphatic heterocycles. The van der Waals surface area contributed by atoms with Crippen LogP contribution in [0.2, 0.25) is 0 Å². The zero-order valence-electron chi connectivity index (χ0n) is 19.6. The average molecular weight is 432 g/mol. The molecule has 2 saturated carbocycles. The molecule has 2 aromatic carbocycles. The van der Waals surface area contributed by atoms with E-state index >= 15 is 0 Å². The fraction of sp³-hybridized carbons (Fsp3) is 0.567. The summed E-state index contributed by atoms with van der Waals surface area (Å²) >= 11 is 0. The number of rotatable bonds is 7. The largest absolute Gasteiger partial charge is 0.206 e. The zero-order valence-corrected chi connectivity index (χ0v) is 19.6. The highest BCUT2D eigenvalue weighted by atomic mass is 19.1. The van der Waals surface area contributed by atoms with Gasteiger partial charge in [0.1, 0.15) is 11.9 Å². The number of hydrogen-bond acceptors (Lipinski definition) is 1. The van der Waals surface area contributed by atoms with Gasteiger partial charge in [0.15, 0.2) is 0 Å². The highest BCUT2D eigenvalue weighted by molar-refractivity contribution is 5.33. The summed E-state index contributed by atoms with van der Waals surface area (Å²) in [5.41, 5.74) is 2.68. The number of aryl methyl sites for hydroxylation is 1. The number of halogens is 1. The standard InChI is InChI=1S/C30H38FN/c1-22(26-5-3-2-4-6-26)19-24-11-16-28(17-12-24)27-14-9-23(10-15-27)7-8-25-13-18-29(21-32)30(31)20-25/h2-6,13,18,20,22-24,27-28H,7-12,14-17,19H2,1H3. The average Bonchev–Trinajstić information content (AvgIpc) is 2.84. The summed E-state index contributed by atoms with van der Waals surface area (Å²) in [5.74, 6) is 3.89. The molecule has 0 saturated heterocycles. The Morgan fingerprint density at radius 2 is 1.50 bits per heavy atom. The first-order valence-electron chi connectivity index (χ1n) is 12.9. The quantitative estimate of drug-likeness (QED) is 0.431. The van der Waals surface area contributed by atoms with Crippen LogP contribution in [0, 0.1) is 40.8 Å². The maximum atomic E-state index is 13.8. The summed E-state index contributed by atoms with van der Waals surface area (Å²) in [7, 11) is 0. The minimum absolute atomic E-state index is 0.151. The molecule has 0 spiro atoms. The van der Waals surface area contributed by atoms with Gasteiger partial charge in [-0.1, -0.05) is 69.0 Å². The molecule has 0 amide bonds. The first-order valence-corrected chi connectivity index (χ1v) is 12.9. The minimum atomic E-state index is -0.373. The van der Waals surface area contributed by atoms with Crippen LogP contribution in [-0.2, 0) is 6.42 Å². The molecule has 0 heterocycles. The number of hydrogen-bond donors (Lipinski definition) is 0. The van der Waals surface area contributed by atoms with Crippen molar-refractivity contribution >= 4 is 0 Å². The van der Waals surface area contributed by atoms with Crippen molar-refractivity contribution in [2.45, 2.75) is 83.5 Å². The van der Waals surface area contributed by atoms with E-state index in [1.807, 2.05) is 12.1 Å². The first kappa shape index (κ1) is 23.0. The van der Waals surface area contributed by atoms with Crippen LogP contribution in [-0.4, -0.2) is 0 Å². The molecule has 1 atom stereocenters. The Morgan fingerprint density at radius 3 is 2.09 bits per heavy atom. The summed E-state index contributed by atoms with van der Waals surface area (Å²) in [6.45, 7) is 2.40. The summed E-state index contributed by atoms with van der Waals surface area (Å²) < 4.78 is 13.8. The monoisotopic (exact) mass is 431 g/mol. The van der Waals surface area contributed by atoms with Gasteiger partial charge in [0.2, 0.25) is 0 Å². The van der Waals surface area contributed by atoms with Crippen molar-refractivity contribution in [2.24, 2.45) is 23.7 Å². The molecule has 2 fully saturated rings. The van der Waals surface area contributed by atoms with Crippen LogP contribution in [0.25, 0.3) is 0 Å². The van der Waals surface area contributed by atoms with Crippen molar-refractivity contribution in [1.29, 1.82) is 5.26 Å². The molecule has 0 radical (unpaired) electrons. The van der Waals surface area contributed by atoms with E-state index in [4.69, 9.17) is 5.26 Å². The predicted molar refractivity (Wildman–Crippen MR) is 130 cm³/mol. The second kappa shape index (κ2) is 11.1. The molecule has 2 aliphatic carbocycles. The van der Waals surface area contributed by atoms with Crippen LogP contribution in [0.5, 0.6) is 0 Å². The van der Waals surface area contributed by atoms with Gasteiger partial charge >= 0.3 is 0 Å². The topological polar surface area (TPSA) is 23.8 Å². The normalized spacial score (nSPS) is 26.9. The lowest BCUT2D eigenvalue weighted by Gasteiger charge is -2.38. The third-order valence-electron chi connectivity index (χ3n) is 8.50. The van der Waals surface area contributed by atoms with Crippen molar-refractivity contribution in [1.82, 2.24) is 0 Å². The lowest BCUT2D eigenvalue weighted by Crippen LogP contribution is -2.26. The summed E-state index contributed by atoms with van der Waals surface area (Å²) in [6.07, 6.45) is 14.6. The smallest absolute Gasteiger partial charge is 0.141 e. The van der Waals surface area contributed by atoms with Crippen molar-refractivity contribution in [2.75, 3.05) is 0 Å². The van der Waals surface area contributed by atoms with Gasteiger partial charge in [-0.15, -0.1) is 0 Å². The summed E-state index contributed by atoms with van der Waals surface area (Å²) in [4.78, 5) is 0. The fourth-order valence-electron chi connectivity index (χ4n) is 6.44. The molecule has 170 valence electrons. The van der Waals surface area contributed by atoms with E-state index in [0.29, 0.717) is 5.92 Å². The highest BCUT2D eigenvalue weighted by Gasteiger charge is 2.31. The SMILES string of the molecule is CC(CC1CCC(C2CCC(CCc3ccc(C#N)c(F)c3)CC2)CC1)c1ccccc1. The highest BCUT2D eigenvalue weighted by Crippen LogP contribution is 2.43. The van der Waals surface area contributed by atoms with Gasteiger partial charge in [0.05, 0.1) is 5.56 Å². The molecule has 0 N–H and O–H groups in total. The molecule has 0 bridgehead atoms. The lowest BCUT2D eigenvalue weighted by atomic mass is 9.67. The molecule has 32 heavy (non-hydrogen) atoms. The minimum Gasteiger partial charge on any atom is -0.206 e. The number of nitrogens with zero attached hydrogens (tertiary/aromatic N) is 1. The van der Waals surface area contributed by atoms with Gasteiger partial charge in [-0.2, -0.15) is 5.26 Å². The lowest BCUT2D eigenvalue weighted by molar-refractivity contribution is 0.139. The number of benzene rings is 2. The zero-order chi connectivity index (χ0) is 22.3. The van der Waals surface area contributed by atoms with Gasteiger partial charge < -0.3 is 0 Å². The van der Waals surface area contributed by atoms with Gasteiger partial charge in [0, 0.05) is 0 Å². The molecular weight excluding hydrogens is 393 g/mol. The van der Waals surface area contributed by atoms with E-state index in [2.05, 4.69) is 37.3 Å². The summed E-state index contributed by atoms with van der Waals surface area (Å²) in [6, 6.07) is 18.0. The van der Waals surface area contributed by atoms with E-state index in [9.17, 15) is 4.39 Å². The van der Waals surface area contributed by atoms with Crippen LogP contribution in [0.15, 0.2) is 48.5 Å². The van der Waals surface area contributed by atoms with Gasteiger partial charge in [-0.25, -0.2) is 4.39 Å². The van der Waals surface area contributed by atoms with E-state index in [0.717, 1.165) is 42.1 Å². The molecule has 4 rings (SSSR count). The van der Waals surface area contributed by atoms with E-state index in [-0.39, 0.29) is 11.4 Å². The van der Waals surface area contributed by atoms with Crippen molar-refractivity contribution in [3.63, 3.8) is 0 Å². The van der Waals surface area contributed by atoms with Crippen LogP contribution < -0.4 is 0 Å². The summed E-state index contributed by atoms with van der Waals surface area (Å²) in [5, 5.41) is 8.89. The van der Waals surface area contributed by atoms with Gasteiger partial charge in [-0.05, 0) is 97.8 Å². The maximum absolute atomic E-state index is 13.8. The fourth-order valence-corrected chi connectivity index (χ4v) is 6.44. The first-order chi connectivity index (χ1) is 15.6. The predicted octanol–water partition coefficient (Wildman–Crippen LogP) is 8.44. The molecule has 0 aromatic heterocycles. The van der Waals surface area contributed by atoms with Crippen LogP contribution >= 0.6 is 0 Å². The molecule has 1 unspecified atom stereocenters. The molecule has 2 aliphatic rings. The Labute approximate surface area is 194 Å². The maximum Gasteiger partial charge on any atom is 0.141 e. The van der Waals surface area contributed by atoms with Crippen LogP contribution in [0.1, 0.15) is 93.7 Å². The number of nitriles is 1. The van der Waals surface area contributed by atoms with E-state index < -0.39 is 0 Å². The second-order valence-electron chi connectivity index (χ2n) is 10.6. The van der Waals surface area contributed by atoms with Gasteiger partial charge in [0.25, 0.3) is 0 Å². The molecule has 1 nitrogen and oxygen atoms in total.